The van der Waals surface area contributed by atoms with Crippen LogP contribution in [0, 0.1) is 0 Å². The first kappa shape index (κ1) is 15.9. The Morgan fingerprint density at radius 3 is 2.40 bits per heavy atom. The number of hydrogen-bond acceptors (Lipinski definition) is 4. The minimum absolute atomic E-state index is 0.0187. The molecule has 0 bridgehead atoms. The second-order valence-electron chi connectivity index (χ2n) is 5.10. The number of hydrogen-bond donors (Lipinski definition) is 1. The molecule has 1 aromatic rings. The quantitative estimate of drug-likeness (QED) is 0.865. The van der Waals surface area contributed by atoms with Crippen LogP contribution in [0.2, 0.25) is 0 Å². The molecule has 1 aromatic carbocycles. The van der Waals surface area contributed by atoms with E-state index in [4.69, 9.17) is 4.74 Å². The highest BCUT2D eigenvalue weighted by Gasteiger charge is 2.24. The number of amides is 1. The summed E-state index contributed by atoms with van der Waals surface area (Å²) in [7, 11) is 1.10. The van der Waals surface area contributed by atoms with Crippen molar-refractivity contribution in [3.05, 3.63) is 29.8 Å². The Morgan fingerprint density at radius 1 is 1.25 bits per heavy atom. The zero-order chi connectivity index (χ0) is 15.3. The molecule has 1 rings (SSSR count). The molecule has 0 radical (unpaired) electrons. The Kier molecular flexibility index (Phi) is 5.07. The van der Waals surface area contributed by atoms with Crippen LogP contribution < -0.4 is 5.32 Å². The van der Waals surface area contributed by atoms with E-state index in [9.17, 15) is 14.0 Å². The number of nitrogens with one attached hydrogen (secondary N) is 1. The number of ether oxygens (including phenoxy) is 2. The van der Waals surface area contributed by atoms with Gasteiger partial charge in [-0.25, -0.2) is 14.0 Å². The van der Waals surface area contributed by atoms with Crippen LogP contribution in [0.1, 0.15) is 32.5 Å². The van der Waals surface area contributed by atoms with Crippen molar-refractivity contribution < 1.29 is 23.5 Å². The lowest BCUT2D eigenvalue weighted by Crippen LogP contribution is -2.27. The van der Waals surface area contributed by atoms with Gasteiger partial charge in [0.05, 0.1) is 12.8 Å². The molecule has 0 spiro atoms. The van der Waals surface area contributed by atoms with Crippen LogP contribution in [-0.2, 0) is 14.3 Å². The molecule has 0 aliphatic rings. The van der Waals surface area contributed by atoms with Crippen molar-refractivity contribution in [2.45, 2.75) is 32.5 Å². The fourth-order valence-electron chi connectivity index (χ4n) is 1.48. The third kappa shape index (κ3) is 4.53. The van der Waals surface area contributed by atoms with E-state index in [-0.39, 0.29) is 11.3 Å². The lowest BCUT2D eigenvalue weighted by atomic mass is 10.1. The number of halogens is 1. The van der Waals surface area contributed by atoms with Crippen molar-refractivity contribution >= 4 is 17.7 Å². The number of esters is 1. The van der Waals surface area contributed by atoms with Crippen molar-refractivity contribution in [3.8, 4) is 0 Å². The van der Waals surface area contributed by atoms with Crippen LogP contribution >= 0.6 is 0 Å². The van der Waals surface area contributed by atoms with Crippen molar-refractivity contribution in [3.63, 3.8) is 0 Å². The fraction of sp³-hybridized carbons (Fsp3) is 0.429. The van der Waals surface area contributed by atoms with Gasteiger partial charge in [-0.05, 0) is 26.8 Å². The van der Waals surface area contributed by atoms with E-state index in [2.05, 4.69) is 10.1 Å². The minimum atomic E-state index is -1.97. The van der Waals surface area contributed by atoms with Gasteiger partial charge >= 0.3 is 12.1 Å². The third-order valence-electron chi connectivity index (χ3n) is 2.28. The molecule has 110 valence electrons. The maximum absolute atomic E-state index is 13.9. The summed E-state index contributed by atoms with van der Waals surface area (Å²) in [5, 5.41) is 2.42. The van der Waals surface area contributed by atoms with Gasteiger partial charge in [0.1, 0.15) is 5.60 Å². The predicted octanol–water partition coefficient (Wildman–Crippen LogP) is 3.22. The third-order valence-corrected chi connectivity index (χ3v) is 2.28. The summed E-state index contributed by atoms with van der Waals surface area (Å²) in [5.74, 6) is -1.02. The Labute approximate surface area is 117 Å². The van der Waals surface area contributed by atoms with E-state index in [0.717, 1.165) is 7.11 Å². The molecule has 0 aliphatic heterocycles. The molecule has 1 unspecified atom stereocenters. The second kappa shape index (κ2) is 6.36. The average molecular weight is 283 g/mol. The molecule has 1 amide bonds. The number of benzene rings is 1. The Morgan fingerprint density at radius 2 is 1.85 bits per heavy atom. The van der Waals surface area contributed by atoms with Gasteiger partial charge in [-0.1, -0.05) is 18.2 Å². The van der Waals surface area contributed by atoms with Gasteiger partial charge in [0.25, 0.3) is 0 Å². The number of rotatable bonds is 3. The fourth-order valence-corrected chi connectivity index (χ4v) is 1.48. The lowest BCUT2D eigenvalue weighted by molar-refractivity contribution is -0.146. The summed E-state index contributed by atoms with van der Waals surface area (Å²) in [5.41, 5.74) is -0.485. The first-order chi connectivity index (χ1) is 9.24. The number of carbonyl (C=O) groups is 2. The summed E-state index contributed by atoms with van der Waals surface area (Å²) in [6, 6.07) is 6.05. The summed E-state index contributed by atoms with van der Waals surface area (Å²) in [4.78, 5) is 22.9. The molecule has 0 saturated heterocycles. The van der Waals surface area contributed by atoms with Gasteiger partial charge in [-0.3, -0.25) is 5.32 Å². The molecule has 0 aliphatic carbocycles. The first-order valence-corrected chi connectivity index (χ1v) is 6.05. The van der Waals surface area contributed by atoms with E-state index in [0.29, 0.717) is 0 Å². The highest BCUT2D eigenvalue weighted by atomic mass is 19.1. The smallest absolute Gasteiger partial charge is 0.412 e. The van der Waals surface area contributed by atoms with Gasteiger partial charge in [0, 0.05) is 5.56 Å². The highest BCUT2D eigenvalue weighted by Crippen LogP contribution is 2.27. The van der Waals surface area contributed by atoms with Crippen LogP contribution in [0.25, 0.3) is 0 Å². The normalized spacial score (nSPS) is 12.4. The topological polar surface area (TPSA) is 64.6 Å². The number of alkyl halides is 1. The zero-order valence-electron chi connectivity index (χ0n) is 11.9. The van der Waals surface area contributed by atoms with E-state index < -0.39 is 23.8 Å². The molecule has 1 atom stereocenters. The van der Waals surface area contributed by atoms with Gasteiger partial charge < -0.3 is 9.47 Å². The minimum Gasteiger partial charge on any atom is -0.467 e. The molecule has 0 saturated carbocycles. The molecule has 6 heteroatoms. The molecule has 5 nitrogen and oxygen atoms in total. The van der Waals surface area contributed by atoms with E-state index in [1.165, 1.54) is 12.1 Å². The van der Waals surface area contributed by atoms with Crippen molar-refractivity contribution in [2.24, 2.45) is 0 Å². The van der Waals surface area contributed by atoms with Crippen LogP contribution in [0.15, 0.2) is 24.3 Å². The number of carbonyl (C=O) groups excluding carboxylic acids is 2. The van der Waals surface area contributed by atoms with Gasteiger partial charge in [0.2, 0.25) is 6.17 Å². The monoisotopic (exact) mass is 283 g/mol. The Hall–Kier alpha value is -2.11. The average Bonchev–Trinajstić information content (AvgIpc) is 2.35. The van der Waals surface area contributed by atoms with Crippen molar-refractivity contribution in [1.29, 1.82) is 0 Å². The molecule has 0 heterocycles. The second-order valence-corrected chi connectivity index (χ2v) is 5.10. The number of para-hydroxylation sites is 1. The molecular weight excluding hydrogens is 265 g/mol. The first-order valence-electron chi connectivity index (χ1n) is 6.05. The lowest BCUT2D eigenvalue weighted by Gasteiger charge is -2.20. The van der Waals surface area contributed by atoms with Gasteiger partial charge in [-0.2, -0.15) is 0 Å². The van der Waals surface area contributed by atoms with Crippen LogP contribution in [0.4, 0.5) is 14.9 Å². The van der Waals surface area contributed by atoms with Gasteiger partial charge in [-0.15, -0.1) is 0 Å². The maximum atomic E-state index is 13.9. The van der Waals surface area contributed by atoms with Crippen molar-refractivity contribution in [1.82, 2.24) is 0 Å². The zero-order valence-corrected chi connectivity index (χ0v) is 11.9. The maximum Gasteiger partial charge on any atom is 0.412 e. The van der Waals surface area contributed by atoms with Crippen LogP contribution in [-0.4, -0.2) is 24.8 Å². The summed E-state index contributed by atoms with van der Waals surface area (Å²) in [6.07, 6.45) is -2.69. The number of methoxy groups -OCH3 is 1. The Balaban J connectivity index is 2.91. The van der Waals surface area contributed by atoms with Crippen molar-refractivity contribution in [2.75, 3.05) is 12.4 Å². The van der Waals surface area contributed by atoms with Gasteiger partial charge in [0.15, 0.2) is 0 Å². The predicted molar refractivity (Wildman–Crippen MR) is 72.2 cm³/mol. The molecule has 1 N–H and O–H groups in total. The summed E-state index contributed by atoms with van der Waals surface area (Å²) >= 11 is 0. The SMILES string of the molecule is COC(=O)C(F)c1ccccc1NC(=O)OC(C)(C)C. The van der Waals surface area contributed by atoms with Crippen LogP contribution in [0.3, 0.4) is 0 Å². The number of anilines is 1. The standard InChI is InChI=1S/C14H18FNO4/c1-14(2,3)20-13(18)16-10-8-6-5-7-9(10)11(15)12(17)19-4/h5-8,11H,1-4H3,(H,16,18). The van der Waals surface area contributed by atoms with E-state index in [1.54, 1.807) is 32.9 Å². The molecule has 0 aromatic heterocycles. The molecule has 20 heavy (non-hydrogen) atoms. The highest BCUT2D eigenvalue weighted by molar-refractivity contribution is 5.88. The van der Waals surface area contributed by atoms with E-state index in [1.807, 2.05) is 0 Å². The van der Waals surface area contributed by atoms with E-state index >= 15 is 0 Å². The summed E-state index contributed by atoms with van der Waals surface area (Å²) < 4.78 is 23.3. The Bertz CT molecular complexity index is 496. The summed E-state index contributed by atoms with van der Waals surface area (Å²) in [6.45, 7) is 5.14. The van der Waals surface area contributed by atoms with Crippen LogP contribution in [0.5, 0.6) is 0 Å². The molecular formula is C14H18FNO4. The molecule has 0 fully saturated rings. The largest absolute Gasteiger partial charge is 0.467 e.